The minimum atomic E-state index is 0.109. The topological polar surface area (TPSA) is 73.1 Å². The van der Waals surface area contributed by atoms with Gasteiger partial charge in [-0.3, -0.25) is 14.3 Å². The molecule has 0 aliphatic carbocycles. The Morgan fingerprint density at radius 3 is 2.71 bits per heavy atom. The largest absolute Gasteiger partial charge is 0.497 e. The van der Waals surface area contributed by atoms with E-state index in [2.05, 4.69) is 21.8 Å². The summed E-state index contributed by atoms with van der Waals surface area (Å²) in [5.41, 5.74) is 2.08. The lowest BCUT2D eigenvalue weighted by Crippen LogP contribution is -2.32. The van der Waals surface area contributed by atoms with Crippen molar-refractivity contribution in [3.8, 4) is 17.1 Å². The maximum atomic E-state index is 13.1. The molecule has 160 valence electrons. The Kier molecular flexibility index (Phi) is 6.66. The fourth-order valence-electron chi connectivity index (χ4n) is 3.85. The molecule has 31 heavy (non-hydrogen) atoms. The number of thioether (sulfide) groups is 1. The molecule has 3 heterocycles. The number of rotatable bonds is 8. The van der Waals surface area contributed by atoms with Crippen molar-refractivity contribution in [3.05, 3.63) is 67.0 Å². The van der Waals surface area contributed by atoms with Crippen LogP contribution in [0.25, 0.3) is 11.4 Å². The third-order valence-corrected chi connectivity index (χ3v) is 6.32. The van der Waals surface area contributed by atoms with Gasteiger partial charge in [0, 0.05) is 31.0 Å². The zero-order valence-electron chi connectivity index (χ0n) is 17.5. The van der Waals surface area contributed by atoms with Gasteiger partial charge in [0.15, 0.2) is 11.0 Å². The highest BCUT2D eigenvalue weighted by atomic mass is 32.2. The van der Waals surface area contributed by atoms with Gasteiger partial charge >= 0.3 is 0 Å². The molecule has 1 amide bonds. The number of amides is 1. The molecule has 1 saturated heterocycles. The molecule has 1 aliphatic rings. The number of allylic oxidation sites excluding steroid dienone is 1. The number of pyridine rings is 1. The van der Waals surface area contributed by atoms with Crippen LogP contribution in [0.5, 0.6) is 5.75 Å². The Hall–Kier alpha value is -3.13. The highest BCUT2D eigenvalue weighted by Crippen LogP contribution is 2.34. The summed E-state index contributed by atoms with van der Waals surface area (Å²) in [5, 5.41) is 9.38. The van der Waals surface area contributed by atoms with Gasteiger partial charge in [0.25, 0.3) is 0 Å². The first kappa shape index (κ1) is 21.1. The molecule has 2 aromatic heterocycles. The smallest absolute Gasteiger partial charge is 0.233 e. The van der Waals surface area contributed by atoms with E-state index in [0.29, 0.717) is 17.5 Å². The van der Waals surface area contributed by atoms with E-state index in [-0.39, 0.29) is 11.9 Å². The lowest BCUT2D eigenvalue weighted by molar-refractivity contribution is -0.129. The molecule has 1 atom stereocenters. The number of methoxy groups -OCH3 is 1. The van der Waals surface area contributed by atoms with E-state index in [9.17, 15) is 4.79 Å². The van der Waals surface area contributed by atoms with Crippen LogP contribution in [0.1, 0.15) is 24.4 Å². The second-order valence-corrected chi connectivity index (χ2v) is 8.19. The predicted octanol–water partition coefficient (Wildman–Crippen LogP) is 3.99. The number of hydrogen-bond acceptors (Lipinski definition) is 6. The van der Waals surface area contributed by atoms with Crippen molar-refractivity contribution in [2.24, 2.45) is 0 Å². The van der Waals surface area contributed by atoms with Crippen LogP contribution >= 0.6 is 11.8 Å². The van der Waals surface area contributed by atoms with E-state index < -0.39 is 0 Å². The molecule has 1 fully saturated rings. The second-order valence-electron chi connectivity index (χ2n) is 7.25. The summed E-state index contributed by atoms with van der Waals surface area (Å²) >= 11 is 1.42. The van der Waals surface area contributed by atoms with Crippen molar-refractivity contribution < 1.29 is 9.53 Å². The highest BCUT2D eigenvalue weighted by molar-refractivity contribution is 7.99. The Morgan fingerprint density at radius 1 is 1.23 bits per heavy atom. The molecular formula is C23H25N5O2S. The first-order chi connectivity index (χ1) is 15.2. The number of benzene rings is 1. The van der Waals surface area contributed by atoms with Gasteiger partial charge in [-0.2, -0.15) is 0 Å². The van der Waals surface area contributed by atoms with Crippen LogP contribution in [0.2, 0.25) is 0 Å². The molecule has 0 saturated carbocycles. The normalized spacial score (nSPS) is 15.8. The molecule has 4 rings (SSSR count). The van der Waals surface area contributed by atoms with Gasteiger partial charge < -0.3 is 9.64 Å². The van der Waals surface area contributed by atoms with E-state index in [1.165, 1.54) is 11.8 Å². The summed E-state index contributed by atoms with van der Waals surface area (Å²) in [6, 6.07) is 11.9. The third kappa shape index (κ3) is 4.64. The zero-order valence-corrected chi connectivity index (χ0v) is 18.3. The zero-order chi connectivity index (χ0) is 21.6. The maximum Gasteiger partial charge on any atom is 0.233 e. The van der Waals surface area contributed by atoms with Crippen molar-refractivity contribution in [2.45, 2.75) is 30.6 Å². The lowest BCUT2D eigenvalue weighted by atomic mass is 10.0. The number of ether oxygens (including phenoxy) is 1. The number of hydrogen-bond donors (Lipinski definition) is 0. The third-order valence-electron chi connectivity index (χ3n) is 5.37. The summed E-state index contributed by atoms with van der Waals surface area (Å²) in [5.74, 6) is 2.00. The average Bonchev–Trinajstić information content (AvgIpc) is 3.46. The molecule has 1 unspecified atom stereocenters. The van der Waals surface area contributed by atoms with Crippen molar-refractivity contribution in [1.82, 2.24) is 24.6 Å². The molecule has 3 aromatic rings. The standard InChI is InChI=1S/C23H25N5O2S/c1-3-14-28-22(18-10-12-24-13-11-18)25-26-23(28)31-16-21(29)27-15-4-5-20(27)17-6-8-19(30-2)9-7-17/h3,6-13,20H,1,4-5,14-16H2,2H3. The van der Waals surface area contributed by atoms with Crippen molar-refractivity contribution in [2.75, 3.05) is 19.4 Å². The summed E-state index contributed by atoms with van der Waals surface area (Å²) < 4.78 is 7.23. The number of aromatic nitrogens is 4. The number of nitrogens with zero attached hydrogens (tertiary/aromatic N) is 5. The molecular weight excluding hydrogens is 410 g/mol. The quantitative estimate of drug-likeness (QED) is 0.393. The molecule has 0 bridgehead atoms. The van der Waals surface area contributed by atoms with Crippen LogP contribution in [0.3, 0.4) is 0 Å². The van der Waals surface area contributed by atoms with Crippen molar-refractivity contribution >= 4 is 17.7 Å². The Balaban J connectivity index is 1.46. The van der Waals surface area contributed by atoms with E-state index in [1.54, 1.807) is 25.6 Å². The van der Waals surface area contributed by atoms with Gasteiger partial charge in [-0.15, -0.1) is 16.8 Å². The Morgan fingerprint density at radius 2 is 2.00 bits per heavy atom. The first-order valence-electron chi connectivity index (χ1n) is 10.2. The van der Waals surface area contributed by atoms with Crippen LogP contribution in [0.4, 0.5) is 0 Å². The number of carbonyl (C=O) groups excluding carboxylic acids is 1. The lowest BCUT2D eigenvalue weighted by Gasteiger charge is -2.25. The summed E-state index contributed by atoms with van der Waals surface area (Å²) in [6.45, 7) is 5.19. The maximum absolute atomic E-state index is 13.1. The first-order valence-corrected chi connectivity index (χ1v) is 11.2. The predicted molar refractivity (Wildman–Crippen MR) is 121 cm³/mol. The van der Waals surface area contributed by atoms with Crippen LogP contribution in [-0.4, -0.2) is 50.0 Å². The monoisotopic (exact) mass is 435 g/mol. The fraction of sp³-hybridized carbons (Fsp3) is 0.304. The number of likely N-dealkylation sites (tertiary alicyclic amines) is 1. The molecule has 1 aromatic carbocycles. The van der Waals surface area contributed by atoms with Crippen LogP contribution in [-0.2, 0) is 11.3 Å². The SMILES string of the molecule is C=CCn1c(SCC(=O)N2CCCC2c2ccc(OC)cc2)nnc1-c1ccncc1. The molecule has 7 nitrogen and oxygen atoms in total. The van der Waals surface area contributed by atoms with Gasteiger partial charge in [-0.1, -0.05) is 30.0 Å². The van der Waals surface area contributed by atoms with Gasteiger partial charge in [-0.25, -0.2) is 0 Å². The molecule has 8 heteroatoms. The van der Waals surface area contributed by atoms with E-state index in [0.717, 1.165) is 42.1 Å². The van der Waals surface area contributed by atoms with E-state index >= 15 is 0 Å². The van der Waals surface area contributed by atoms with Gasteiger partial charge in [0.05, 0.1) is 18.9 Å². The van der Waals surface area contributed by atoms with E-state index in [1.807, 2.05) is 45.9 Å². The molecule has 1 aliphatic heterocycles. The van der Waals surface area contributed by atoms with Gasteiger partial charge in [0.2, 0.25) is 5.91 Å². The molecule has 0 N–H and O–H groups in total. The van der Waals surface area contributed by atoms with Gasteiger partial charge in [-0.05, 0) is 42.7 Å². The Labute approximate surface area is 186 Å². The van der Waals surface area contributed by atoms with Gasteiger partial charge in [0.1, 0.15) is 5.75 Å². The van der Waals surface area contributed by atoms with Crippen molar-refractivity contribution in [3.63, 3.8) is 0 Å². The summed E-state index contributed by atoms with van der Waals surface area (Å²) in [6.07, 6.45) is 7.24. The van der Waals surface area contributed by atoms with Crippen LogP contribution in [0.15, 0.2) is 66.6 Å². The minimum Gasteiger partial charge on any atom is -0.497 e. The second kappa shape index (κ2) is 9.78. The summed E-state index contributed by atoms with van der Waals surface area (Å²) in [4.78, 5) is 19.1. The molecule has 0 spiro atoms. The highest BCUT2D eigenvalue weighted by Gasteiger charge is 2.30. The fourth-order valence-corrected chi connectivity index (χ4v) is 4.68. The van der Waals surface area contributed by atoms with Crippen LogP contribution in [0, 0.1) is 0 Å². The average molecular weight is 436 g/mol. The summed E-state index contributed by atoms with van der Waals surface area (Å²) in [7, 11) is 1.66. The number of carbonyl (C=O) groups is 1. The minimum absolute atomic E-state index is 0.109. The van der Waals surface area contributed by atoms with E-state index in [4.69, 9.17) is 4.74 Å². The van der Waals surface area contributed by atoms with Crippen molar-refractivity contribution in [1.29, 1.82) is 0 Å². The van der Waals surface area contributed by atoms with Crippen LogP contribution < -0.4 is 4.74 Å². The Bertz CT molecular complexity index is 1040. The molecule has 0 radical (unpaired) electrons.